The van der Waals surface area contributed by atoms with Crippen molar-refractivity contribution in [2.24, 2.45) is 11.8 Å². The van der Waals surface area contributed by atoms with Crippen molar-refractivity contribution in [3.05, 3.63) is 47.4 Å². The van der Waals surface area contributed by atoms with E-state index in [2.05, 4.69) is 16.0 Å². The zero-order chi connectivity index (χ0) is 27.4. The van der Waals surface area contributed by atoms with Crippen LogP contribution in [0.3, 0.4) is 0 Å². The third-order valence-corrected chi connectivity index (χ3v) is 8.66. The van der Waals surface area contributed by atoms with Crippen LogP contribution in [0.25, 0.3) is 10.9 Å². The average molecular weight is 547 g/mol. The minimum Gasteiger partial charge on any atom is -0.471 e. The normalized spacial score (nSPS) is 38.6. The molecule has 39 heavy (non-hydrogen) atoms. The number of hydrogen-bond acceptors (Lipinski definition) is 11. The molecule has 0 saturated carbocycles. The summed E-state index contributed by atoms with van der Waals surface area (Å²) < 4.78 is 22.3. The van der Waals surface area contributed by atoms with Gasteiger partial charge in [0, 0.05) is 35.6 Å². The Bertz CT molecular complexity index is 1250. The summed E-state index contributed by atoms with van der Waals surface area (Å²) in [5.41, 5.74) is 3.58. The number of benzene rings is 1. The van der Waals surface area contributed by atoms with Crippen molar-refractivity contribution in [1.29, 1.82) is 0 Å². The van der Waals surface area contributed by atoms with Crippen LogP contribution in [0.4, 0.5) is 0 Å². The Labute approximate surface area is 224 Å². The van der Waals surface area contributed by atoms with Crippen molar-refractivity contribution >= 4 is 16.9 Å². The monoisotopic (exact) mass is 546 g/mol. The molecule has 6 N–H and O–H groups in total. The van der Waals surface area contributed by atoms with E-state index in [1.165, 1.54) is 18.9 Å². The van der Waals surface area contributed by atoms with E-state index in [0.717, 1.165) is 23.0 Å². The van der Waals surface area contributed by atoms with Crippen LogP contribution in [0.2, 0.25) is 0 Å². The lowest BCUT2D eigenvalue weighted by atomic mass is 9.77. The Morgan fingerprint density at radius 1 is 1.13 bits per heavy atom. The van der Waals surface area contributed by atoms with Crippen molar-refractivity contribution < 1.29 is 49.3 Å². The van der Waals surface area contributed by atoms with Gasteiger partial charge < -0.3 is 49.5 Å². The maximum absolute atomic E-state index is 12.8. The molecule has 10 atom stereocenters. The van der Waals surface area contributed by atoms with Gasteiger partial charge >= 0.3 is 5.97 Å². The van der Waals surface area contributed by atoms with E-state index in [-0.39, 0.29) is 18.2 Å². The first kappa shape index (κ1) is 26.7. The second-order valence-corrected chi connectivity index (χ2v) is 10.7. The molecule has 0 aliphatic carbocycles. The SMILES string of the molecule is COC(=O)C1=CO[C@@H](O[C@@H]2O[C@H](CO)[C@@H](O)[C@H](O)[C@H]2O)[C@@H]2[C@H](O)CN3CCc4c([nH]c5ccccc45)[C@@H]3C[C@H]12. The largest absolute Gasteiger partial charge is 0.471 e. The van der Waals surface area contributed by atoms with Crippen LogP contribution >= 0.6 is 0 Å². The molecule has 12 heteroatoms. The quantitative estimate of drug-likeness (QED) is 0.268. The first-order valence-corrected chi connectivity index (χ1v) is 13.2. The van der Waals surface area contributed by atoms with Crippen LogP contribution < -0.4 is 0 Å². The number of esters is 1. The maximum Gasteiger partial charge on any atom is 0.337 e. The van der Waals surface area contributed by atoms with E-state index in [4.69, 9.17) is 18.9 Å². The second-order valence-electron chi connectivity index (χ2n) is 10.7. The molecule has 0 radical (unpaired) electrons. The molecule has 212 valence electrons. The van der Waals surface area contributed by atoms with E-state index in [1.54, 1.807) is 0 Å². The first-order valence-electron chi connectivity index (χ1n) is 13.2. The lowest BCUT2D eigenvalue weighted by molar-refractivity contribution is -0.345. The number of carbonyl (C=O) groups is 1. The fourth-order valence-electron chi connectivity index (χ4n) is 6.66. The number of nitrogens with zero attached hydrogens (tertiary/aromatic N) is 1. The summed E-state index contributed by atoms with van der Waals surface area (Å²) in [5, 5.41) is 53.1. The summed E-state index contributed by atoms with van der Waals surface area (Å²) in [7, 11) is 1.28. The lowest BCUT2D eigenvalue weighted by Gasteiger charge is -2.44. The van der Waals surface area contributed by atoms with Crippen molar-refractivity contribution in [2.45, 2.75) is 62.0 Å². The number of ether oxygens (including phenoxy) is 4. The number of nitrogens with one attached hydrogen (secondary N) is 1. The third kappa shape index (κ3) is 4.45. The number of hydrogen-bond donors (Lipinski definition) is 6. The number of aliphatic hydroxyl groups is 5. The lowest BCUT2D eigenvalue weighted by Crippen LogP contribution is -2.60. The summed E-state index contributed by atoms with van der Waals surface area (Å²) in [4.78, 5) is 18.6. The van der Waals surface area contributed by atoms with Crippen LogP contribution in [0, 0.1) is 11.8 Å². The van der Waals surface area contributed by atoms with Gasteiger partial charge in [-0.1, -0.05) is 18.2 Å². The van der Waals surface area contributed by atoms with Crippen LogP contribution in [0.5, 0.6) is 0 Å². The molecule has 2 saturated heterocycles. The highest BCUT2D eigenvalue weighted by atomic mass is 16.8. The van der Waals surface area contributed by atoms with Crippen LogP contribution in [0.1, 0.15) is 23.7 Å². The first-order chi connectivity index (χ1) is 18.8. The van der Waals surface area contributed by atoms with E-state index >= 15 is 0 Å². The third-order valence-electron chi connectivity index (χ3n) is 8.66. The zero-order valence-corrected chi connectivity index (χ0v) is 21.4. The van der Waals surface area contributed by atoms with Crippen molar-refractivity contribution in [3.63, 3.8) is 0 Å². The predicted molar refractivity (Wildman–Crippen MR) is 134 cm³/mol. The topological polar surface area (TPSA) is 174 Å². The van der Waals surface area contributed by atoms with Gasteiger partial charge in [-0.15, -0.1) is 0 Å². The van der Waals surface area contributed by atoms with Gasteiger partial charge in [-0.2, -0.15) is 0 Å². The summed E-state index contributed by atoms with van der Waals surface area (Å²) >= 11 is 0. The molecule has 0 spiro atoms. The molecule has 12 nitrogen and oxygen atoms in total. The van der Waals surface area contributed by atoms with Crippen LogP contribution in [-0.2, 0) is 30.2 Å². The Balaban J connectivity index is 1.34. The molecule has 4 aliphatic rings. The highest BCUT2D eigenvalue weighted by Gasteiger charge is 2.52. The van der Waals surface area contributed by atoms with Crippen LogP contribution in [0.15, 0.2) is 36.1 Å². The molecule has 4 aliphatic heterocycles. The standard InChI is InChI=1S/C27H34N2O10/c1-36-25(35)15-11-37-26(39-27-24(34)23(33)22(32)19(10-30)38-27)20-14(15)8-17-21-13(6-7-29(17)9-18(20)31)12-4-2-3-5-16(12)28-21/h2-5,11,14,17-20,22-24,26-28,30-34H,6-10H2,1H3/t14-,17+,18-,19-,20+,22-,23+,24-,26+,27+/m1/s1. The predicted octanol–water partition coefficient (Wildman–Crippen LogP) is -0.706. The van der Waals surface area contributed by atoms with Gasteiger partial charge in [0.15, 0.2) is 6.29 Å². The molecular formula is C27H34N2O10. The molecule has 2 fully saturated rings. The Morgan fingerprint density at radius 3 is 2.69 bits per heavy atom. The highest BCUT2D eigenvalue weighted by molar-refractivity contribution is 5.89. The Hall–Kier alpha value is -2.55. The van der Waals surface area contributed by atoms with Gasteiger partial charge in [-0.25, -0.2) is 4.79 Å². The summed E-state index contributed by atoms with van der Waals surface area (Å²) in [6, 6.07) is 7.99. The van der Waals surface area contributed by atoms with Gasteiger partial charge in [0.05, 0.1) is 43.6 Å². The smallest absolute Gasteiger partial charge is 0.337 e. The number of H-pyrrole nitrogens is 1. The van der Waals surface area contributed by atoms with Gasteiger partial charge in [-0.05, 0) is 24.5 Å². The Morgan fingerprint density at radius 2 is 1.92 bits per heavy atom. The van der Waals surface area contributed by atoms with E-state index in [0.29, 0.717) is 13.0 Å². The number of para-hydroxylation sites is 1. The van der Waals surface area contributed by atoms with Gasteiger partial charge in [0.2, 0.25) is 6.29 Å². The fourth-order valence-corrected chi connectivity index (χ4v) is 6.66. The van der Waals surface area contributed by atoms with E-state index in [1.807, 2.05) is 18.2 Å². The zero-order valence-electron chi connectivity index (χ0n) is 21.4. The molecule has 1 aromatic heterocycles. The number of methoxy groups -OCH3 is 1. The van der Waals surface area contributed by atoms with Gasteiger partial charge in [0.25, 0.3) is 0 Å². The minimum absolute atomic E-state index is 0.120. The molecule has 0 bridgehead atoms. The number of carbonyl (C=O) groups excluding carboxylic acids is 1. The number of aromatic amines is 1. The van der Waals surface area contributed by atoms with Gasteiger partial charge in [-0.3, -0.25) is 4.90 Å². The van der Waals surface area contributed by atoms with Crippen molar-refractivity contribution in [2.75, 3.05) is 26.8 Å². The summed E-state index contributed by atoms with van der Waals surface area (Å²) in [6.07, 6.45) is -7.06. The Kier molecular flexibility index (Phi) is 7.14. The number of rotatable bonds is 4. The van der Waals surface area contributed by atoms with Crippen molar-refractivity contribution in [3.8, 4) is 0 Å². The molecule has 5 heterocycles. The molecule has 0 unspecified atom stereocenters. The van der Waals surface area contributed by atoms with Crippen molar-refractivity contribution in [1.82, 2.24) is 9.88 Å². The number of fused-ring (bicyclic) bond motifs is 6. The number of aromatic nitrogens is 1. The summed E-state index contributed by atoms with van der Waals surface area (Å²) in [6.45, 7) is 0.389. The minimum atomic E-state index is -1.64. The summed E-state index contributed by atoms with van der Waals surface area (Å²) in [5.74, 6) is -1.87. The second kappa shape index (κ2) is 10.5. The number of aliphatic hydroxyl groups excluding tert-OH is 5. The van der Waals surface area contributed by atoms with Gasteiger partial charge in [0.1, 0.15) is 24.4 Å². The maximum atomic E-state index is 12.8. The van der Waals surface area contributed by atoms with E-state index in [9.17, 15) is 30.3 Å². The molecule has 1 aromatic carbocycles. The average Bonchev–Trinajstić information content (AvgIpc) is 3.25. The van der Waals surface area contributed by atoms with Crippen LogP contribution in [-0.4, -0.2) is 111 Å². The molecule has 0 amide bonds. The highest BCUT2D eigenvalue weighted by Crippen LogP contribution is 2.47. The van der Waals surface area contributed by atoms with E-state index < -0.39 is 67.5 Å². The molecule has 6 rings (SSSR count). The fraction of sp³-hybridized carbons (Fsp3) is 0.593. The molecular weight excluding hydrogens is 512 g/mol. The molecule has 2 aromatic rings.